The molecule has 2 aromatic rings. The van der Waals surface area contributed by atoms with Crippen LogP contribution in [0.2, 0.25) is 5.02 Å². The Morgan fingerprint density at radius 2 is 2.25 bits per heavy atom. The number of fused-ring (bicyclic) bond motifs is 1. The molecular weight excluding hydrogens is 277 g/mol. The van der Waals surface area contributed by atoms with Gasteiger partial charge in [0.25, 0.3) is 0 Å². The van der Waals surface area contributed by atoms with Gasteiger partial charge in [-0.1, -0.05) is 23.7 Å². The molecule has 3 rings (SSSR count). The predicted molar refractivity (Wildman–Crippen MR) is 76.1 cm³/mol. The summed E-state index contributed by atoms with van der Waals surface area (Å²) in [6, 6.07) is 4.99. The van der Waals surface area contributed by atoms with E-state index in [0.29, 0.717) is 17.8 Å². The molecule has 104 valence electrons. The molecule has 1 aromatic carbocycles. The van der Waals surface area contributed by atoms with Gasteiger partial charge >= 0.3 is 0 Å². The highest BCUT2D eigenvalue weighted by atomic mass is 35.5. The zero-order chi connectivity index (χ0) is 14.1. The Bertz CT molecular complexity index is 645. The SMILES string of the molecule is NC1CCCc2nc(Cc3cccc(Cl)c3F)ncc21. The summed E-state index contributed by atoms with van der Waals surface area (Å²) in [7, 11) is 0. The highest BCUT2D eigenvalue weighted by Gasteiger charge is 2.19. The fourth-order valence-electron chi connectivity index (χ4n) is 2.56. The molecule has 0 bridgehead atoms. The molecule has 0 radical (unpaired) electrons. The first kappa shape index (κ1) is 13.5. The molecule has 0 spiro atoms. The van der Waals surface area contributed by atoms with Crippen LogP contribution in [-0.4, -0.2) is 9.97 Å². The fourth-order valence-corrected chi connectivity index (χ4v) is 2.76. The Kier molecular flexibility index (Phi) is 3.68. The number of nitrogens with zero attached hydrogens (tertiary/aromatic N) is 2. The van der Waals surface area contributed by atoms with Crippen LogP contribution < -0.4 is 5.73 Å². The van der Waals surface area contributed by atoms with Gasteiger partial charge in [0.1, 0.15) is 11.6 Å². The van der Waals surface area contributed by atoms with Gasteiger partial charge in [0.15, 0.2) is 0 Å². The van der Waals surface area contributed by atoms with E-state index in [4.69, 9.17) is 17.3 Å². The monoisotopic (exact) mass is 291 g/mol. The Morgan fingerprint density at radius 1 is 1.40 bits per heavy atom. The van der Waals surface area contributed by atoms with Crippen molar-refractivity contribution in [1.82, 2.24) is 9.97 Å². The van der Waals surface area contributed by atoms with Gasteiger partial charge in [-0.15, -0.1) is 0 Å². The molecule has 0 saturated heterocycles. The molecule has 1 atom stereocenters. The number of nitrogens with two attached hydrogens (primary N) is 1. The topological polar surface area (TPSA) is 51.8 Å². The fraction of sp³-hybridized carbons (Fsp3) is 0.333. The first-order valence-corrected chi connectivity index (χ1v) is 7.06. The molecule has 1 aliphatic carbocycles. The van der Waals surface area contributed by atoms with Gasteiger partial charge in [0, 0.05) is 29.9 Å². The van der Waals surface area contributed by atoms with Gasteiger partial charge in [-0.05, 0) is 30.9 Å². The lowest BCUT2D eigenvalue weighted by Gasteiger charge is -2.21. The van der Waals surface area contributed by atoms with Gasteiger partial charge < -0.3 is 5.73 Å². The summed E-state index contributed by atoms with van der Waals surface area (Å²) in [6.07, 6.45) is 5.05. The molecule has 1 heterocycles. The number of rotatable bonds is 2. The number of halogens is 2. The maximum absolute atomic E-state index is 13.9. The molecule has 20 heavy (non-hydrogen) atoms. The average molecular weight is 292 g/mol. The molecule has 5 heteroatoms. The summed E-state index contributed by atoms with van der Waals surface area (Å²) in [4.78, 5) is 8.84. The lowest BCUT2D eigenvalue weighted by Crippen LogP contribution is -2.20. The average Bonchev–Trinajstić information content (AvgIpc) is 2.44. The molecule has 1 aromatic heterocycles. The van der Waals surface area contributed by atoms with Crippen LogP contribution in [0.25, 0.3) is 0 Å². The molecule has 1 unspecified atom stereocenters. The van der Waals surface area contributed by atoms with Gasteiger partial charge in [0.2, 0.25) is 0 Å². The van der Waals surface area contributed by atoms with Crippen molar-refractivity contribution in [2.75, 3.05) is 0 Å². The molecule has 0 fully saturated rings. The summed E-state index contributed by atoms with van der Waals surface area (Å²) in [5.41, 5.74) is 8.56. The van der Waals surface area contributed by atoms with Crippen LogP contribution >= 0.6 is 11.6 Å². The third-order valence-corrected chi connectivity index (χ3v) is 3.95. The van der Waals surface area contributed by atoms with Crippen molar-refractivity contribution < 1.29 is 4.39 Å². The number of hydrogen-bond donors (Lipinski definition) is 1. The van der Waals surface area contributed by atoms with Crippen molar-refractivity contribution >= 4 is 11.6 Å². The molecule has 2 N–H and O–H groups in total. The maximum atomic E-state index is 13.9. The number of hydrogen-bond acceptors (Lipinski definition) is 3. The Balaban J connectivity index is 1.90. The second-order valence-corrected chi connectivity index (χ2v) is 5.48. The molecule has 0 saturated carbocycles. The lowest BCUT2D eigenvalue weighted by atomic mass is 9.93. The minimum absolute atomic E-state index is 0.0238. The number of benzene rings is 1. The highest BCUT2D eigenvalue weighted by Crippen LogP contribution is 2.26. The zero-order valence-corrected chi connectivity index (χ0v) is 11.7. The van der Waals surface area contributed by atoms with E-state index in [1.54, 1.807) is 18.3 Å². The van der Waals surface area contributed by atoms with Gasteiger partial charge in [-0.25, -0.2) is 14.4 Å². The largest absolute Gasteiger partial charge is 0.324 e. The zero-order valence-electron chi connectivity index (χ0n) is 10.9. The third-order valence-electron chi connectivity index (χ3n) is 3.66. The van der Waals surface area contributed by atoms with Crippen molar-refractivity contribution in [1.29, 1.82) is 0 Å². The van der Waals surface area contributed by atoms with Crippen LogP contribution in [0.1, 0.15) is 41.5 Å². The smallest absolute Gasteiger partial charge is 0.145 e. The van der Waals surface area contributed by atoms with E-state index in [0.717, 1.165) is 30.5 Å². The van der Waals surface area contributed by atoms with E-state index in [9.17, 15) is 4.39 Å². The van der Waals surface area contributed by atoms with Gasteiger partial charge in [-0.3, -0.25) is 0 Å². The minimum atomic E-state index is -0.396. The van der Waals surface area contributed by atoms with Gasteiger partial charge in [0.05, 0.1) is 5.02 Å². The second-order valence-electron chi connectivity index (χ2n) is 5.08. The first-order chi connectivity index (χ1) is 9.65. The Morgan fingerprint density at radius 3 is 3.10 bits per heavy atom. The molecule has 0 aliphatic heterocycles. The number of aromatic nitrogens is 2. The van der Waals surface area contributed by atoms with Crippen molar-refractivity contribution in [2.45, 2.75) is 31.7 Å². The highest BCUT2D eigenvalue weighted by molar-refractivity contribution is 6.30. The number of aryl methyl sites for hydroxylation is 1. The first-order valence-electron chi connectivity index (χ1n) is 6.68. The summed E-state index contributed by atoms with van der Waals surface area (Å²) in [5, 5.41) is 0.127. The summed E-state index contributed by atoms with van der Waals surface area (Å²) >= 11 is 5.78. The van der Waals surface area contributed by atoms with E-state index in [-0.39, 0.29) is 11.1 Å². The lowest BCUT2D eigenvalue weighted by molar-refractivity contribution is 0.552. The Hall–Kier alpha value is -1.52. The third kappa shape index (κ3) is 2.53. The summed E-state index contributed by atoms with van der Waals surface area (Å²) in [5.74, 6) is 0.214. The van der Waals surface area contributed by atoms with Crippen molar-refractivity contribution in [3.8, 4) is 0 Å². The van der Waals surface area contributed by atoms with E-state index in [1.807, 2.05) is 0 Å². The molecule has 1 aliphatic rings. The van der Waals surface area contributed by atoms with E-state index < -0.39 is 5.82 Å². The maximum Gasteiger partial charge on any atom is 0.145 e. The van der Waals surface area contributed by atoms with Crippen LogP contribution in [-0.2, 0) is 12.8 Å². The van der Waals surface area contributed by atoms with Crippen LogP contribution in [0.4, 0.5) is 4.39 Å². The second kappa shape index (κ2) is 5.46. The molecule has 3 nitrogen and oxygen atoms in total. The van der Waals surface area contributed by atoms with Gasteiger partial charge in [-0.2, -0.15) is 0 Å². The van der Waals surface area contributed by atoms with Crippen molar-refractivity contribution in [3.63, 3.8) is 0 Å². The van der Waals surface area contributed by atoms with Crippen LogP contribution in [0.5, 0.6) is 0 Å². The van der Waals surface area contributed by atoms with Crippen LogP contribution in [0, 0.1) is 5.82 Å². The summed E-state index contributed by atoms with van der Waals surface area (Å²) < 4.78 is 13.9. The predicted octanol–water partition coefficient (Wildman–Crippen LogP) is 3.20. The van der Waals surface area contributed by atoms with Crippen molar-refractivity contribution in [3.05, 3.63) is 57.9 Å². The van der Waals surface area contributed by atoms with Crippen LogP contribution in [0.15, 0.2) is 24.4 Å². The minimum Gasteiger partial charge on any atom is -0.324 e. The normalized spacial score (nSPS) is 17.9. The molecular formula is C15H15ClFN3. The van der Waals surface area contributed by atoms with E-state index in [1.165, 1.54) is 6.07 Å². The summed E-state index contributed by atoms with van der Waals surface area (Å²) in [6.45, 7) is 0. The Labute approximate surface area is 122 Å². The standard InChI is InChI=1S/C15H15ClFN3/c16-11-4-1-3-9(15(11)17)7-14-19-8-10-12(18)5-2-6-13(10)20-14/h1,3-4,8,12H,2,5-7,18H2. The van der Waals surface area contributed by atoms with E-state index >= 15 is 0 Å². The van der Waals surface area contributed by atoms with Crippen LogP contribution in [0.3, 0.4) is 0 Å². The van der Waals surface area contributed by atoms with Crippen molar-refractivity contribution in [2.24, 2.45) is 5.73 Å². The quantitative estimate of drug-likeness (QED) is 0.924. The van der Waals surface area contributed by atoms with E-state index in [2.05, 4.69) is 9.97 Å². The molecule has 0 amide bonds.